The lowest BCUT2D eigenvalue weighted by Gasteiger charge is -2.21. The highest BCUT2D eigenvalue weighted by molar-refractivity contribution is 7.10. The summed E-state index contributed by atoms with van der Waals surface area (Å²) in [5.74, 6) is -0.210. The molecule has 4 nitrogen and oxygen atoms in total. The molecular formula is C20H26FN3OS. The second-order valence-electron chi connectivity index (χ2n) is 6.09. The van der Waals surface area contributed by atoms with Gasteiger partial charge in [-0.05, 0) is 61.0 Å². The molecule has 0 saturated heterocycles. The monoisotopic (exact) mass is 375 g/mol. The van der Waals surface area contributed by atoms with Crippen molar-refractivity contribution in [3.8, 4) is 0 Å². The molecule has 1 unspecified atom stereocenters. The van der Waals surface area contributed by atoms with Crippen molar-refractivity contribution in [3.63, 3.8) is 0 Å². The minimum absolute atomic E-state index is 0.210. The standard InChI is InChI=1S/C20H26FN3OS/c1-15-8-12-26-20(15)19(18(23-2)7-9-22)25-11-10-24(3)14-16-5-4-6-17(21)13-16/h4-9,12-13,19H,10-11,14,22H2,1-3H3. The molecule has 0 bridgehead atoms. The van der Waals surface area contributed by atoms with E-state index in [0.717, 1.165) is 22.7 Å². The third kappa shape index (κ3) is 5.76. The number of aliphatic imine (C=N–C) groups is 1. The minimum Gasteiger partial charge on any atom is -0.405 e. The lowest BCUT2D eigenvalue weighted by atomic mass is 10.1. The average molecular weight is 376 g/mol. The summed E-state index contributed by atoms with van der Waals surface area (Å²) in [6.45, 7) is 3.99. The maximum absolute atomic E-state index is 13.3. The molecular weight excluding hydrogens is 349 g/mol. The summed E-state index contributed by atoms with van der Waals surface area (Å²) in [5.41, 5.74) is 8.48. The van der Waals surface area contributed by atoms with Gasteiger partial charge in [0.2, 0.25) is 0 Å². The molecule has 0 fully saturated rings. The number of benzene rings is 1. The normalized spacial score (nSPS) is 13.7. The summed E-state index contributed by atoms with van der Waals surface area (Å²) in [6, 6.07) is 8.74. The molecule has 2 rings (SSSR count). The summed E-state index contributed by atoms with van der Waals surface area (Å²) in [5, 5.41) is 2.05. The summed E-state index contributed by atoms with van der Waals surface area (Å²) in [6.07, 6.45) is 3.03. The number of likely N-dealkylation sites (N-methyl/N-ethyl adjacent to an activating group) is 1. The smallest absolute Gasteiger partial charge is 0.133 e. The SMILES string of the molecule is CN=C(C=CN)C(OCCN(C)Cc1cccc(F)c1)c1sccc1C. The Hall–Kier alpha value is -2.02. The zero-order valence-corrected chi connectivity index (χ0v) is 16.3. The van der Waals surface area contributed by atoms with Gasteiger partial charge in [-0.2, -0.15) is 0 Å². The van der Waals surface area contributed by atoms with Crippen molar-refractivity contribution >= 4 is 17.0 Å². The number of ether oxygens (including phenoxy) is 1. The third-order valence-electron chi connectivity index (χ3n) is 4.03. The first-order valence-corrected chi connectivity index (χ1v) is 9.36. The van der Waals surface area contributed by atoms with E-state index in [0.29, 0.717) is 13.2 Å². The van der Waals surface area contributed by atoms with Gasteiger partial charge < -0.3 is 10.5 Å². The Morgan fingerprint density at radius 2 is 2.23 bits per heavy atom. The van der Waals surface area contributed by atoms with Crippen LogP contribution in [-0.2, 0) is 11.3 Å². The maximum Gasteiger partial charge on any atom is 0.133 e. The Kier molecular flexibility index (Phi) is 7.97. The first kappa shape index (κ1) is 20.3. The molecule has 0 aliphatic carbocycles. The first-order valence-electron chi connectivity index (χ1n) is 8.48. The van der Waals surface area contributed by atoms with Crippen molar-refractivity contribution in [2.24, 2.45) is 10.7 Å². The van der Waals surface area contributed by atoms with Gasteiger partial charge in [0.15, 0.2) is 0 Å². The van der Waals surface area contributed by atoms with Gasteiger partial charge in [0.05, 0.1) is 12.3 Å². The minimum atomic E-state index is -0.234. The van der Waals surface area contributed by atoms with Crippen LogP contribution < -0.4 is 5.73 Å². The Labute approximate surface area is 158 Å². The number of hydrogen-bond acceptors (Lipinski definition) is 5. The molecule has 1 heterocycles. The van der Waals surface area contributed by atoms with Crippen LogP contribution in [0.2, 0.25) is 0 Å². The van der Waals surface area contributed by atoms with Crippen molar-refractivity contribution in [1.29, 1.82) is 0 Å². The maximum atomic E-state index is 13.3. The van der Waals surface area contributed by atoms with E-state index in [2.05, 4.69) is 28.3 Å². The Morgan fingerprint density at radius 3 is 2.85 bits per heavy atom. The van der Waals surface area contributed by atoms with Crippen molar-refractivity contribution in [2.75, 3.05) is 27.2 Å². The van der Waals surface area contributed by atoms with Crippen LogP contribution in [0.4, 0.5) is 4.39 Å². The molecule has 2 N–H and O–H groups in total. The fourth-order valence-electron chi connectivity index (χ4n) is 2.68. The van der Waals surface area contributed by atoms with E-state index in [1.807, 2.05) is 13.1 Å². The Bertz CT molecular complexity index is 757. The van der Waals surface area contributed by atoms with Gasteiger partial charge in [-0.25, -0.2) is 4.39 Å². The second-order valence-corrected chi connectivity index (χ2v) is 7.04. The number of hydrogen-bond donors (Lipinski definition) is 1. The summed E-state index contributed by atoms with van der Waals surface area (Å²) >= 11 is 1.65. The van der Waals surface area contributed by atoms with Crippen LogP contribution in [0.1, 0.15) is 22.1 Å². The first-order chi connectivity index (χ1) is 12.5. The molecule has 0 amide bonds. The van der Waals surface area contributed by atoms with Crippen molar-refractivity contribution < 1.29 is 9.13 Å². The molecule has 1 aromatic carbocycles. The molecule has 0 aliphatic rings. The van der Waals surface area contributed by atoms with Gasteiger partial charge in [0.25, 0.3) is 0 Å². The Morgan fingerprint density at radius 1 is 1.42 bits per heavy atom. The largest absolute Gasteiger partial charge is 0.405 e. The third-order valence-corrected chi connectivity index (χ3v) is 5.09. The van der Waals surface area contributed by atoms with Crippen molar-refractivity contribution in [3.05, 3.63) is 69.8 Å². The summed E-state index contributed by atoms with van der Waals surface area (Å²) in [7, 11) is 3.74. The van der Waals surface area contributed by atoms with Crippen LogP contribution in [0.25, 0.3) is 0 Å². The number of nitrogens with zero attached hydrogens (tertiary/aromatic N) is 2. The lowest BCUT2D eigenvalue weighted by molar-refractivity contribution is 0.0810. The van der Waals surface area contributed by atoms with Crippen LogP contribution in [-0.4, -0.2) is 37.9 Å². The van der Waals surface area contributed by atoms with Gasteiger partial charge in [-0.15, -0.1) is 11.3 Å². The van der Waals surface area contributed by atoms with E-state index in [1.165, 1.54) is 17.8 Å². The molecule has 0 radical (unpaired) electrons. The summed E-state index contributed by atoms with van der Waals surface area (Å²) in [4.78, 5) is 7.57. The molecule has 2 aromatic rings. The number of halogens is 1. The predicted molar refractivity (Wildman–Crippen MR) is 107 cm³/mol. The molecule has 0 aliphatic heterocycles. The van der Waals surface area contributed by atoms with E-state index in [1.54, 1.807) is 36.6 Å². The molecule has 1 aromatic heterocycles. The molecule has 6 heteroatoms. The van der Waals surface area contributed by atoms with Crippen molar-refractivity contribution in [1.82, 2.24) is 4.90 Å². The Balaban J connectivity index is 1.97. The fourth-order valence-corrected chi connectivity index (χ4v) is 3.66. The molecule has 1 atom stereocenters. The van der Waals surface area contributed by atoms with E-state index in [-0.39, 0.29) is 11.9 Å². The van der Waals surface area contributed by atoms with Crippen LogP contribution >= 0.6 is 11.3 Å². The van der Waals surface area contributed by atoms with E-state index in [4.69, 9.17) is 10.5 Å². The van der Waals surface area contributed by atoms with E-state index >= 15 is 0 Å². The second kappa shape index (κ2) is 10.2. The van der Waals surface area contributed by atoms with Gasteiger partial charge in [0, 0.05) is 25.0 Å². The number of nitrogens with two attached hydrogens (primary N) is 1. The topological polar surface area (TPSA) is 50.9 Å². The van der Waals surface area contributed by atoms with Crippen LogP contribution in [0, 0.1) is 12.7 Å². The van der Waals surface area contributed by atoms with Gasteiger partial charge in [-0.3, -0.25) is 9.89 Å². The lowest BCUT2D eigenvalue weighted by Crippen LogP contribution is -2.25. The van der Waals surface area contributed by atoms with Crippen LogP contribution in [0.5, 0.6) is 0 Å². The average Bonchev–Trinajstić information content (AvgIpc) is 3.03. The predicted octanol–water partition coefficient (Wildman–Crippen LogP) is 3.93. The van der Waals surface area contributed by atoms with Crippen LogP contribution in [0.3, 0.4) is 0 Å². The number of thiophene rings is 1. The quantitative estimate of drug-likeness (QED) is 0.676. The number of aryl methyl sites for hydroxylation is 1. The molecule has 26 heavy (non-hydrogen) atoms. The molecule has 0 saturated carbocycles. The van der Waals surface area contributed by atoms with Crippen molar-refractivity contribution in [2.45, 2.75) is 19.6 Å². The highest BCUT2D eigenvalue weighted by atomic mass is 32.1. The van der Waals surface area contributed by atoms with Crippen LogP contribution in [0.15, 0.2) is 53.0 Å². The fraction of sp³-hybridized carbons (Fsp3) is 0.350. The zero-order chi connectivity index (χ0) is 18.9. The highest BCUT2D eigenvalue weighted by Crippen LogP contribution is 2.28. The van der Waals surface area contributed by atoms with E-state index in [9.17, 15) is 4.39 Å². The highest BCUT2D eigenvalue weighted by Gasteiger charge is 2.20. The zero-order valence-electron chi connectivity index (χ0n) is 15.5. The summed E-state index contributed by atoms with van der Waals surface area (Å²) < 4.78 is 19.5. The van der Waals surface area contributed by atoms with Gasteiger partial charge in [-0.1, -0.05) is 12.1 Å². The van der Waals surface area contributed by atoms with Gasteiger partial charge in [0.1, 0.15) is 11.9 Å². The number of rotatable bonds is 9. The van der Waals surface area contributed by atoms with E-state index < -0.39 is 0 Å². The molecule has 0 spiro atoms. The van der Waals surface area contributed by atoms with Gasteiger partial charge >= 0.3 is 0 Å². The molecule has 140 valence electrons.